The van der Waals surface area contributed by atoms with Crippen LogP contribution in [0, 0.1) is 17.5 Å². The first-order valence-electron chi connectivity index (χ1n) is 5.62. The maximum atomic E-state index is 13.9. The Kier molecular flexibility index (Phi) is 3.65. The van der Waals surface area contributed by atoms with E-state index >= 15 is 0 Å². The largest absolute Gasteiger partial charge is 0.478 e. The van der Waals surface area contributed by atoms with Gasteiger partial charge >= 0.3 is 5.97 Å². The lowest BCUT2D eigenvalue weighted by Crippen LogP contribution is -2.14. The highest BCUT2D eigenvalue weighted by Crippen LogP contribution is 2.29. The second-order valence-electron chi connectivity index (χ2n) is 4.10. The Morgan fingerprint density at radius 2 is 1.80 bits per heavy atom. The van der Waals surface area contributed by atoms with E-state index in [0.717, 1.165) is 18.2 Å². The monoisotopic (exact) mass is 281 g/mol. The number of aromatic carboxylic acids is 1. The molecule has 0 fully saturated rings. The van der Waals surface area contributed by atoms with Crippen LogP contribution in [-0.2, 0) is 0 Å². The minimum Gasteiger partial charge on any atom is -0.478 e. The van der Waals surface area contributed by atoms with Crippen LogP contribution in [0.1, 0.15) is 10.4 Å². The van der Waals surface area contributed by atoms with Crippen LogP contribution in [0.2, 0.25) is 0 Å². The number of anilines is 2. The summed E-state index contributed by atoms with van der Waals surface area (Å²) >= 11 is 0. The number of carboxylic acid groups (broad SMARTS) is 1. The van der Waals surface area contributed by atoms with E-state index in [9.17, 15) is 18.0 Å². The van der Waals surface area contributed by atoms with Gasteiger partial charge in [0.1, 0.15) is 5.82 Å². The number of rotatable bonds is 3. The van der Waals surface area contributed by atoms with Crippen LogP contribution in [0.3, 0.4) is 0 Å². The van der Waals surface area contributed by atoms with Crippen LogP contribution >= 0.6 is 0 Å². The molecule has 0 heterocycles. The predicted octanol–water partition coefficient (Wildman–Crippen LogP) is 3.57. The molecule has 2 aromatic carbocycles. The lowest BCUT2D eigenvalue weighted by molar-refractivity contribution is 0.0690. The van der Waals surface area contributed by atoms with E-state index in [4.69, 9.17) is 5.11 Å². The third kappa shape index (κ3) is 2.45. The highest BCUT2D eigenvalue weighted by atomic mass is 19.2. The molecule has 0 aliphatic heterocycles. The Morgan fingerprint density at radius 1 is 1.10 bits per heavy atom. The van der Waals surface area contributed by atoms with Crippen LogP contribution < -0.4 is 4.90 Å². The van der Waals surface area contributed by atoms with Crippen molar-refractivity contribution in [2.45, 2.75) is 0 Å². The molecule has 0 amide bonds. The molecule has 104 valence electrons. The Morgan fingerprint density at radius 3 is 2.40 bits per heavy atom. The van der Waals surface area contributed by atoms with Gasteiger partial charge < -0.3 is 10.0 Å². The first-order valence-corrected chi connectivity index (χ1v) is 5.62. The molecule has 0 aliphatic carbocycles. The van der Waals surface area contributed by atoms with Gasteiger partial charge in [-0.25, -0.2) is 18.0 Å². The number of hydrogen-bond donors (Lipinski definition) is 1. The standard InChI is InChI=1S/C14H10F3NO2/c1-18(9-4-2-3-8(15)7-9)11-6-5-10(14(19)20)12(16)13(11)17/h2-7H,1H3,(H,19,20). The summed E-state index contributed by atoms with van der Waals surface area (Å²) in [6.45, 7) is 0. The maximum Gasteiger partial charge on any atom is 0.338 e. The number of nitrogens with zero attached hydrogens (tertiary/aromatic N) is 1. The van der Waals surface area contributed by atoms with E-state index in [1.807, 2.05) is 0 Å². The van der Waals surface area contributed by atoms with Gasteiger partial charge in [0.25, 0.3) is 0 Å². The quantitative estimate of drug-likeness (QED) is 0.935. The summed E-state index contributed by atoms with van der Waals surface area (Å²) in [5.74, 6) is -4.81. The summed E-state index contributed by atoms with van der Waals surface area (Å²) in [5.41, 5.74) is -0.622. The highest BCUT2D eigenvalue weighted by Gasteiger charge is 2.20. The summed E-state index contributed by atoms with van der Waals surface area (Å²) in [6.07, 6.45) is 0. The van der Waals surface area contributed by atoms with Crippen molar-refractivity contribution in [2.24, 2.45) is 0 Å². The molecule has 0 saturated carbocycles. The third-order valence-electron chi connectivity index (χ3n) is 2.85. The van der Waals surface area contributed by atoms with Gasteiger partial charge in [0.15, 0.2) is 11.6 Å². The zero-order valence-electron chi connectivity index (χ0n) is 10.4. The lowest BCUT2D eigenvalue weighted by Gasteiger charge is -2.20. The molecule has 0 aromatic heterocycles. The molecular weight excluding hydrogens is 271 g/mol. The molecule has 0 radical (unpaired) electrons. The fourth-order valence-electron chi connectivity index (χ4n) is 1.79. The van der Waals surface area contributed by atoms with Crippen LogP contribution in [0.15, 0.2) is 36.4 Å². The molecule has 20 heavy (non-hydrogen) atoms. The Labute approximate surface area is 112 Å². The van der Waals surface area contributed by atoms with Crippen molar-refractivity contribution in [1.82, 2.24) is 0 Å². The molecule has 2 rings (SSSR count). The Balaban J connectivity index is 2.48. The minimum absolute atomic E-state index is 0.182. The molecule has 0 atom stereocenters. The van der Waals surface area contributed by atoms with Crippen molar-refractivity contribution < 1.29 is 23.1 Å². The number of carboxylic acids is 1. The summed E-state index contributed by atoms with van der Waals surface area (Å²) in [7, 11) is 1.42. The normalized spacial score (nSPS) is 10.4. The molecule has 6 heteroatoms. The summed E-state index contributed by atoms with van der Waals surface area (Å²) in [6, 6.07) is 7.43. The van der Waals surface area contributed by atoms with E-state index in [1.54, 1.807) is 0 Å². The topological polar surface area (TPSA) is 40.5 Å². The summed E-state index contributed by atoms with van der Waals surface area (Å²) in [4.78, 5) is 11.9. The average molecular weight is 281 g/mol. The second-order valence-corrected chi connectivity index (χ2v) is 4.10. The summed E-state index contributed by atoms with van der Waals surface area (Å²) < 4.78 is 40.6. The Bertz CT molecular complexity index is 673. The fraction of sp³-hybridized carbons (Fsp3) is 0.0714. The van der Waals surface area contributed by atoms with Gasteiger partial charge in [-0.15, -0.1) is 0 Å². The van der Waals surface area contributed by atoms with Gasteiger partial charge in [-0.1, -0.05) is 6.07 Å². The zero-order valence-corrected chi connectivity index (χ0v) is 10.4. The van der Waals surface area contributed by atoms with Crippen LogP contribution in [0.5, 0.6) is 0 Å². The van der Waals surface area contributed by atoms with Crippen molar-refractivity contribution in [3.05, 3.63) is 59.4 Å². The van der Waals surface area contributed by atoms with Crippen molar-refractivity contribution in [1.29, 1.82) is 0 Å². The van der Waals surface area contributed by atoms with Crippen LogP contribution in [0.25, 0.3) is 0 Å². The number of hydrogen-bond acceptors (Lipinski definition) is 2. The minimum atomic E-state index is -1.55. The van der Waals surface area contributed by atoms with Crippen molar-refractivity contribution in [3.8, 4) is 0 Å². The van der Waals surface area contributed by atoms with Gasteiger partial charge in [0.2, 0.25) is 0 Å². The van der Waals surface area contributed by atoms with Gasteiger partial charge in [-0.3, -0.25) is 0 Å². The highest BCUT2D eigenvalue weighted by molar-refractivity contribution is 5.88. The first kappa shape index (κ1) is 13.9. The third-order valence-corrected chi connectivity index (χ3v) is 2.85. The number of halogens is 3. The Hall–Kier alpha value is -2.50. The van der Waals surface area contributed by atoms with Gasteiger partial charge in [0, 0.05) is 12.7 Å². The first-order chi connectivity index (χ1) is 9.41. The SMILES string of the molecule is CN(c1cccc(F)c1)c1ccc(C(=O)O)c(F)c1F. The molecule has 0 unspecified atom stereocenters. The lowest BCUT2D eigenvalue weighted by atomic mass is 10.1. The molecular formula is C14H10F3NO2. The average Bonchev–Trinajstić information content (AvgIpc) is 2.40. The number of benzene rings is 2. The van der Waals surface area contributed by atoms with Gasteiger partial charge in [-0.2, -0.15) is 0 Å². The molecule has 0 saturated heterocycles. The molecule has 0 bridgehead atoms. The van der Waals surface area contributed by atoms with Crippen molar-refractivity contribution in [3.63, 3.8) is 0 Å². The maximum absolute atomic E-state index is 13.9. The second kappa shape index (κ2) is 5.24. The van der Waals surface area contributed by atoms with Gasteiger partial charge in [-0.05, 0) is 30.3 Å². The van der Waals surface area contributed by atoms with E-state index < -0.39 is 29.0 Å². The molecule has 1 N–H and O–H groups in total. The van der Waals surface area contributed by atoms with E-state index in [2.05, 4.69) is 0 Å². The van der Waals surface area contributed by atoms with Crippen molar-refractivity contribution >= 4 is 17.3 Å². The van der Waals surface area contributed by atoms with Crippen LogP contribution in [0.4, 0.5) is 24.5 Å². The smallest absolute Gasteiger partial charge is 0.338 e. The molecule has 2 aromatic rings. The molecule has 3 nitrogen and oxygen atoms in total. The van der Waals surface area contributed by atoms with E-state index in [1.165, 1.54) is 30.1 Å². The predicted molar refractivity (Wildman–Crippen MR) is 67.8 cm³/mol. The zero-order chi connectivity index (χ0) is 14.9. The fourth-order valence-corrected chi connectivity index (χ4v) is 1.79. The molecule has 0 aliphatic rings. The van der Waals surface area contributed by atoms with E-state index in [0.29, 0.717) is 5.69 Å². The molecule has 0 spiro atoms. The van der Waals surface area contributed by atoms with Crippen LogP contribution in [-0.4, -0.2) is 18.1 Å². The summed E-state index contributed by atoms with van der Waals surface area (Å²) in [5, 5.41) is 8.70. The van der Waals surface area contributed by atoms with E-state index in [-0.39, 0.29) is 5.69 Å². The van der Waals surface area contributed by atoms with Crippen molar-refractivity contribution in [2.75, 3.05) is 11.9 Å². The van der Waals surface area contributed by atoms with Gasteiger partial charge in [0.05, 0.1) is 11.3 Å². The number of carbonyl (C=O) groups is 1.